The molecule has 2 heterocycles. The third kappa shape index (κ3) is 0.692. The predicted molar refractivity (Wildman–Crippen MR) is 49.3 cm³/mol. The van der Waals surface area contributed by atoms with E-state index in [1.54, 1.807) is 0 Å². The summed E-state index contributed by atoms with van der Waals surface area (Å²) < 4.78 is 5.95. The molecular formula is C11H16O2. The first-order valence-electron chi connectivity index (χ1n) is 5.20. The van der Waals surface area contributed by atoms with Crippen molar-refractivity contribution in [1.82, 2.24) is 0 Å². The lowest BCUT2D eigenvalue weighted by atomic mass is 9.65. The van der Waals surface area contributed by atoms with Crippen LogP contribution in [0.5, 0.6) is 0 Å². The Morgan fingerprint density at radius 2 is 2.46 bits per heavy atom. The Hall–Kier alpha value is -0.340. The lowest BCUT2D eigenvalue weighted by Crippen LogP contribution is -2.45. The second kappa shape index (κ2) is 2.18. The summed E-state index contributed by atoms with van der Waals surface area (Å²) in [5, 5.41) is 9.60. The van der Waals surface area contributed by atoms with Crippen LogP contribution in [0.1, 0.15) is 26.2 Å². The molecule has 4 atom stereocenters. The van der Waals surface area contributed by atoms with Gasteiger partial charge < -0.3 is 9.84 Å². The summed E-state index contributed by atoms with van der Waals surface area (Å²) in [6.45, 7) is 2.42. The quantitative estimate of drug-likeness (QED) is 0.619. The lowest BCUT2D eigenvalue weighted by Gasteiger charge is -2.39. The second-order valence-corrected chi connectivity index (χ2v) is 4.86. The first-order valence-corrected chi connectivity index (χ1v) is 5.20. The van der Waals surface area contributed by atoms with Gasteiger partial charge in [0.2, 0.25) is 0 Å². The molecule has 1 N–H and O–H groups in total. The van der Waals surface area contributed by atoms with E-state index in [1.807, 2.05) is 0 Å². The second-order valence-electron chi connectivity index (χ2n) is 4.86. The molecule has 0 amide bonds. The van der Waals surface area contributed by atoms with Gasteiger partial charge in [0.1, 0.15) is 0 Å². The number of hydrogen-bond acceptors (Lipinski definition) is 2. The molecule has 0 aromatic rings. The van der Waals surface area contributed by atoms with Crippen LogP contribution in [0.4, 0.5) is 0 Å². The van der Waals surface area contributed by atoms with E-state index >= 15 is 0 Å². The highest BCUT2D eigenvalue weighted by Gasteiger charge is 2.65. The van der Waals surface area contributed by atoms with Crippen molar-refractivity contribution in [3.8, 4) is 0 Å². The molecule has 2 bridgehead atoms. The van der Waals surface area contributed by atoms with Crippen LogP contribution >= 0.6 is 0 Å². The van der Waals surface area contributed by atoms with E-state index in [0.29, 0.717) is 12.0 Å². The van der Waals surface area contributed by atoms with E-state index in [4.69, 9.17) is 4.74 Å². The van der Waals surface area contributed by atoms with Crippen molar-refractivity contribution >= 4 is 0 Å². The van der Waals surface area contributed by atoms with Gasteiger partial charge in [0.05, 0.1) is 18.3 Å². The summed E-state index contributed by atoms with van der Waals surface area (Å²) in [5.41, 5.74) is -0.125. The van der Waals surface area contributed by atoms with Crippen LogP contribution in [0, 0.1) is 11.3 Å². The maximum Gasteiger partial charge on any atom is 0.0925 e. The van der Waals surface area contributed by atoms with Gasteiger partial charge in [-0.3, -0.25) is 0 Å². The molecule has 2 fully saturated rings. The van der Waals surface area contributed by atoms with Gasteiger partial charge in [-0.05, 0) is 25.7 Å². The van der Waals surface area contributed by atoms with Crippen LogP contribution in [0.25, 0.3) is 0 Å². The van der Waals surface area contributed by atoms with E-state index in [2.05, 4.69) is 19.1 Å². The molecule has 0 aromatic carbocycles. The SMILES string of the molecule is C[C@@]12C=C[C@@H](O1)[C@H]1CCC[C@]12CO. The molecule has 3 aliphatic rings. The fourth-order valence-corrected chi connectivity index (χ4v) is 3.69. The van der Waals surface area contributed by atoms with Crippen LogP contribution in [0.2, 0.25) is 0 Å². The van der Waals surface area contributed by atoms with Gasteiger partial charge >= 0.3 is 0 Å². The molecule has 1 saturated carbocycles. The van der Waals surface area contributed by atoms with Crippen LogP contribution < -0.4 is 0 Å². The Balaban J connectivity index is 2.10. The summed E-state index contributed by atoms with van der Waals surface area (Å²) in [6, 6.07) is 0. The molecule has 2 heteroatoms. The Kier molecular flexibility index (Phi) is 1.34. The first-order chi connectivity index (χ1) is 6.22. The summed E-state index contributed by atoms with van der Waals surface area (Å²) in [6.07, 6.45) is 8.25. The standard InChI is InChI=1S/C11H16O2/c1-10-6-4-9(13-10)8-3-2-5-11(8,10)7-12/h4,6,8-9,12H,2-3,5,7H2,1H3/t8-,9-,10+,11+/m1/s1. The average Bonchev–Trinajstić information content (AvgIpc) is 2.71. The predicted octanol–water partition coefficient (Wildman–Crippen LogP) is 1.49. The molecule has 0 aromatic heterocycles. The van der Waals surface area contributed by atoms with Crippen molar-refractivity contribution in [1.29, 1.82) is 0 Å². The van der Waals surface area contributed by atoms with Crippen molar-refractivity contribution in [3.05, 3.63) is 12.2 Å². The minimum atomic E-state index is -0.173. The van der Waals surface area contributed by atoms with E-state index in [0.717, 1.165) is 6.42 Å². The van der Waals surface area contributed by atoms with Crippen molar-refractivity contribution in [3.63, 3.8) is 0 Å². The van der Waals surface area contributed by atoms with Crippen molar-refractivity contribution in [2.24, 2.45) is 11.3 Å². The van der Waals surface area contributed by atoms with Gasteiger partial charge in [0.25, 0.3) is 0 Å². The van der Waals surface area contributed by atoms with E-state index < -0.39 is 0 Å². The van der Waals surface area contributed by atoms with Gasteiger partial charge in [-0.25, -0.2) is 0 Å². The zero-order valence-electron chi connectivity index (χ0n) is 7.99. The van der Waals surface area contributed by atoms with Gasteiger partial charge in [-0.2, -0.15) is 0 Å². The smallest absolute Gasteiger partial charge is 0.0925 e. The Bertz CT molecular complexity index is 273. The Morgan fingerprint density at radius 1 is 1.62 bits per heavy atom. The molecule has 1 saturated heterocycles. The number of aliphatic hydroxyl groups is 1. The van der Waals surface area contributed by atoms with Crippen molar-refractivity contribution in [2.75, 3.05) is 6.61 Å². The van der Waals surface area contributed by atoms with Gasteiger partial charge in [0.15, 0.2) is 0 Å². The van der Waals surface area contributed by atoms with Gasteiger partial charge in [-0.15, -0.1) is 0 Å². The molecule has 72 valence electrons. The third-order valence-corrected chi connectivity index (χ3v) is 4.50. The molecule has 0 radical (unpaired) electrons. The molecule has 3 rings (SSSR count). The van der Waals surface area contributed by atoms with Gasteiger partial charge in [0, 0.05) is 5.41 Å². The van der Waals surface area contributed by atoms with Crippen LogP contribution in [0.3, 0.4) is 0 Å². The minimum Gasteiger partial charge on any atom is -0.396 e. The fourth-order valence-electron chi connectivity index (χ4n) is 3.69. The fraction of sp³-hybridized carbons (Fsp3) is 0.818. The maximum absolute atomic E-state index is 9.60. The lowest BCUT2D eigenvalue weighted by molar-refractivity contribution is -0.0361. The first kappa shape index (κ1) is 8.01. The molecule has 1 aliphatic carbocycles. The number of rotatable bonds is 1. The summed E-state index contributed by atoms with van der Waals surface area (Å²) in [7, 11) is 0. The van der Waals surface area contributed by atoms with E-state index in [1.165, 1.54) is 12.8 Å². The van der Waals surface area contributed by atoms with E-state index in [-0.39, 0.29) is 17.6 Å². The van der Waals surface area contributed by atoms with Crippen molar-refractivity contribution < 1.29 is 9.84 Å². The van der Waals surface area contributed by atoms with Gasteiger partial charge in [-0.1, -0.05) is 18.6 Å². The molecule has 13 heavy (non-hydrogen) atoms. The highest BCUT2D eigenvalue weighted by atomic mass is 16.5. The van der Waals surface area contributed by atoms with E-state index in [9.17, 15) is 5.11 Å². The minimum absolute atomic E-state index is 0.0480. The molecule has 2 aliphatic heterocycles. The zero-order chi connectivity index (χ0) is 9.10. The van der Waals surface area contributed by atoms with Crippen LogP contribution in [-0.2, 0) is 4.74 Å². The molecule has 0 spiro atoms. The summed E-state index contributed by atoms with van der Waals surface area (Å²) in [4.78, 5) is 0. The number of fused-ring (bicyclic) bond motifs is 5. The third-order valence-electron chi connectivity index (χ3n) is 4.50. The zero-order valence-corrected chi connectivity index (χ0v) is 7.99. The number of aliphatic hydroxyl groups excluding tert-OH is 1. The monoisotopic (exact) mass is 180 g/mol. The van der Waals surface area contributed by atoms with Crippen LogP contribution in [-0.4, -0.2) is 23.4 Å². The Morgan fingerprint density at radius 3 is 3.15 bits per heavy atom. The average molecular weight is 180 g/mol. The molecule has 0 unspecified atom stereocenters. The normalized spacial score (nSPS) is 57.4. The highest BCUT2D eigenvalue weighted by Crippen LogP contribution is 2.62. The number of ether oxygens (including phenoxy) is 1. The van der Waals surface area contributed by atoms with Crippen molar-refractivity contribution in [2.45, 2.75) is 37.9 Å². The Labute approximate surface area is 78.6 Å². The molecular weight excluding hydrogens is 164 g/mol. The summed E-state index contributed by atoms with van der Waals surface area (Å²) in [5.74, 6) is 0.576. The van der Waals surface area contributed by atoms with Crippen LogP contribution in [0.15, 0.2) is 12.2 Å². The summed E-state index contributed by atoms with van der Waals surface area (Å²) >= 11 is 0. The maximum atomic E-state index is 9.60. The molecule has 2 nitrogen and oxygen atoms in total. The topological polar surface area (TPSA) is 29.5 Å². The number of hydrogen-bond donors (Lipinski definition) is 1. The highest BCUT2D eigenvalue weighted by molar-refractivity contribution is 5.28. The largest absolute Gasteiger partial charge is 0.396 e.